The van der Waals surface area contributed by atoms with Crippen LogP contribution in [0.4, 0.5) is 23.7 Å². The molecule has 3 N–H and O–H groups in total. The van der Waals surface area contributed by atoms with Crippen molar-refractivity contribution < 1.29 is 32.6 Å². The van der Waals surface area contributed by atoms with Crippen molar-refractivity contribution >= 4 is 33.6 Å². The molecule has 0 aliphatic rings. The second kappa shape index (κ2) is 6.66. The van der Waals surface area contributed by atoms with Gasteiger partial charge < -0.3 is 20.5 Å². The first-order valence-corrected chi connectivity index (χ1v) is 6.23. The van der Waals surface area contributed by atoms with Crippen LogP contribution in [0.15, 0.2) is 22.7 Å². The van der Waals surface area contributed by atoms with Gasteiger partial charge in [-0.15, -0.1) is 13.2 Å². The Bertz CT molecular complexity index is 551. The number of carboxylic acids is 1. The smallest absolute Gasteiger partial charge is 0.480 e. The summed E-state index contributed by atoms with van der Waals surface area (Å²) in [5.74, 6) is -1.91. The number of ether oxygens (including phenoxy) is 1. The number of urea groups is 1. The maximum absolute atomic E-state index is 12.3. The Morgan fingerprint density at radius 3 is 2.52 bits per heavy atom. The van der Waals surface area contributed by atoms with Crippen LogP contribution in [0.25, 0.3) is 0 Å². The SMILES string of the molecule is C[C@@H](NC(=O)Nc1ccc(Br)cc1OC(F)(F)F)C(=O)O. The van der Waals surface area contributed by atoms with E-state index in [0.717, 1.165) is 6.07 Å². The van der Waals surface area contributed by atoms with Gasteiger partial charge in [0.25, 0.3) is 0 Å². The van der Waals surface area contributed by atoms with Gasteiger partial charge in [-0.25, -0.2) is 4.79 Å². The van der Waals surface area contributed by atoms with Crippen LogP contribution >= 0.6 is 15.9 Å². The Morgan fingerprint density at radius 1 is 1.38 bits per heavy atom. The standard InChI is InChI=1S/C11H10BrF3N2O4/c1-5(9(18)19)16-10(20)17-7-3-2-6(12)4-8(7)21-11(13,14)15/h2-5H,1H3,(H,18,19)(H2,16,17,20)/t5-/m1/s1. The molecule has 0 fully saturated rings. The summed E-state index contributed by atoms with van der Waals surface area (Å²) in [5, 5.41) is 12.7. The lowest BCUT2D eigenvalue weighted by atomic mass is 10.3. The fourth-order valence-corrected chi connectivity index (χ4v) is 1.57. The minimum absolute atomic E-state index is 0.259. The van der Waals surface area contributed by atoms with Gasteiger partial charge in [0, 0.05) is 4.47 Å². The number of benzene rings is 1. The lowest BCUT2D eigenvalue weighted by molar-refractivity contribution is -0.274. The molecule has 21 heavy (non-hydrogen) atoms. The highest BCUT2D eigenvalue weighted by Crippen LogP contribution is 2.32. The number of rotatable bonds is 4. The number of carboxylic acid groups (broad SMARTS) is 1. The van der Waals surface area contributed by atoms with E-state index in [0.29, 0.717) is 4.47 Å². The Morgan fingerprint density at radius 2 is 2.00 bits per heavy atom. The summed E-state index contributed by atoms with van der Waals surface area (Å²) < 4.78 is 40.9. The molecule has 0 aliphatic carbocycles. The third-order valence-corrected chi connectivity index (χ3v) is 2.63. The largest absolute Gasteiger partial charge is 0.573 e. The number of carbonyl (C=O) groups excluding carboxylic acids is 1. The first-order valence-electron chi connectivity index (χ1n) is 5.44. The number of hydrogen-bond acceptors (Lipinski definition) is 3. The average molecular weight is 371 g/mol. The topological polar surface area (TPSA) is 87.7 Å². The van der Waals surface area contributed by atoms with E-state index in [1.807, 2.05) is 5.32 Å². The van der Waals surface area contributed by atoms with Crippen molar-refractivity contribution in [3.05, 3.63) is 22.7 Å². The molecule has 116 valence electrons. The summed E-state index contributed by atoms with van der Waals surface area (Å²) in [6.45, 7) is 1.20. The molecule has 0 aliphatic heterocycles. The number of aliphatic carboxylic acids is 1. The predicted octanol–water partition coefficient (Wildman–Crippen LogP) is 2.94. The zero-order valence-corrected chi connectivity index (χ0v) is 12.1. The molecule has 0 spiro atoms. The van der Waals surface area contributed by atoms with Crippen LogP contribution in [-0.4, -0.2) is 29.5 Å². The van der Waals surface area contributed by atoms with Crippen molar-refractivity contribution in [1.29, 1.82) is 0 Å². The van der Waals surface area contributed by atoms with Crippen molar-refractivity contribution in [3.8, 4) is 5.75 Å². The molecule has 10 heteroatoms. The Balaban J connectivity index is 2.87. The van der Waals surface area contributed by atoms with Gasteiger partial charge in [0.15, 0.2) is 5.75 Å². The Labute approximate surface area is 125 Å². The highest BCUT2D eigenvalue weighted by Gasteiger charge is 2.32. The van der Waals surface area contributed by atoms with Gasteiger partial charge in [0.1, 0.15) is 6.04 Å². The van der Waals surface area contributed by atoms with Crippen LogP contribution in [0.1, 0.15) is 6.92 Å². The summed E-state index contributed by atoms with van der Waals surface area (Å²) in [4.78, 5) is 22.1. The number of nitrogens with one attached hydrogen (secondary N) is 2. The quantitative estimate of drug-likeness (QED) is 0.760. The van der Waals surface area contributed by atoms with Crippen molar-refractivity contribution in [2.45, 2.75) is 19.3 Å². The van der Waals surface area contributed by atoms with E-state index in [4.69, 9.17) is 5.11 Å². The summed E-state index contributed by atoms with van der Waals surface area (Å²) in [7, 11) is 0. The number of halogens is 4. The molecule has 0 bridgehead atoms. The van der Waals surface area contributed by atoms with E-state index in [2.05, 4.69) is 26.0 Å². The van der Waals surface area contributed by atoms with E-state index in [-0.39, 0.29) is 5.69 Å². The predicted molar refractivity (Wildman–Crippen MR) is 70.1 cm³/mol. The van der Waals surface area contributed by atoms with Crippen LogP contribution in [0, 0.1) is 0 Å². The third kappa shape index (κ3) is 5.90. The summed E-state index contributed by atoms with van der Waals surface area (Å²) >= 11 is 2.98. The maximum Gasteiger partial charge on any atom is 0.573 e. The van der Waals surface area contributed by atoms with E-state index < -0.39 is 30.2 Å². The first kappa shape index (κ1) is 17.1. The second-order valence-electron chi connectivity index (χ2n) is 3.85. The molecular formula is C11H10BrF3N2O4. The minimum atomic E-state index is -4.93. The summed E-state index contributed by atoms with van der Waals surface area (Å²) in [5.41, 5.74) is -0.259. The van der Waals surface area contributed by atoms with Crippen LogP contribution in [0.3, 0.4) is 0 Å². The number of hydrogen-bond donors (Lipinski definition) is 3. The van der Waals surface area contributed by atoms with Gasteiger partial charge >= 0.3 is 18.4 Å². The monoisotopic (exact) mass is 370 g/mol. The molecule has 0 saturated carbocycles. The molecule has 0 saturated heterocycles. The average Bonchev–Trinajstić information content (AvgIpc) is 2.30. The number of alkyl halides is 3. The molecule has 0 heterocycles. The number of carbonyl (C=O) groups is 2. The van der Waals surface area contributed by atoms with Crippen LogP contribution in [0.2, 0.25) is 0 Å². The minimum Gasteiger partial charge on any atom is -0.480 e. The zero-order valence-electron chi connectivity index (χ0n) is 10.5. The van der Waals surface area contributed by atoms with E-state index in [9.17, 15) is 22.8 Å². The Kier molecular flexibility index (Phi) is 5.41. The second-order valence-corrected chi connectivity index (χ2v) is 4.76. The molecule has 0 aromatic heterocycles. The normalized spacial score (nSPS) is 12.4. The molecule has 1 rings (SSSR count). The van der Waals surface area contributed by atoms with Crippen molar-refractivity contribution in [2.75, 3.05) is 5.32 Å². The van der Waals surface area contributed by atoms with E-state index in [1.165, 1.54) is 19.1 Å². The van der Waals surface area contributed by atoms with Crippen LogP contribution in [-0.2, 0) is 4.79 Å². The van der Waals surface area contributed by atoms with Gasteiger partial charge in [0.05, 0.1) is 5.69 Å². The molecule has 1 aromatic carbocycles. The fraction of sp³-hybridized carbons (Fsp3) is 0.273. The van der Waals surface area contributed by atoms with Crippen molar-refractivity contribution in [3.63, 3.8) is 0 Å². The molecular weight excluding hydrogens is 361 g/mol. The molecule has 0 radical (unpaired) electrons. The van der Waals surface area contributed by atoms with Crippen molar-refractivity contribution in [2.24, 2.45) is 0 Å². The lowest BCUT2D eigenvalue weighted by Crippen LogP contribution is -2.41. The van der Waals surface area contributed by atoms with E-state index >= 15 is 0 Å². The Hall–Kier alpha value is -1.97. The first-order chi connectivity index (χ1) is 9.58. The van der Waals surface area contributed by atoms with Crippen LogP contribution < -0.4 is 15.4 Å². The molecule has 2 amide bonds. The molecule has 1 aromatic rings. The van der Waals surface area contributed by atoms with E-state index in [1.54, 1.807) is 0 Å². The zero-order chi connectivity index (χ0) is 16.2. The van der Waals surface area contributed by atoms with Gasteiger partial charge in [-0.2, -0.15) is 0 Å². The highest BCUT2D eigenvalue weighted by atomic mass is 79.9. The number of amides is 2. The number of anilines is 1. The van der Waals surface area contributed by atoms with Crippen molar-refractivity contribution in [1.82, 2.24) is 5.32 Å². The fourth-order valence-electron chi connectivity index (χ4n) is 1.23. The molecule has 0 unspecified atom stereocenters. The van der Waals surface area contributed by atoms with Gasteiger partial charge in [-0.1, -0.05) is 15.9 Å². The third-order valence-electron chi connectivity index (χ3n) is 2.14. The molecule has 1 atom stereocenters. The van der Waals surface area contributed by atoms with Gasteiger partial charge in [0.2, 0.25) is 0 Å². The summed E-state index contributed by atoms with van der Waals surface area (Å²) in [6.07, 6.45) is -4.93. The summed E-state index contributed by atoms with van der Waals surface area (Å²) in [6, 6.07) is 1.41. The highest BCUT2D eigenvalue weighted by molar-refractivity contribution is 9.10. The van der Waals surface area contributed by atoms with Gasteiger partial charge in [-0.05, 0) is 25.1 Å². The lowest BCUT2D eigenvalue weighted by Gasteiger charge is -2.15. The van der Waals surface area contributed by atoms with Gasteiger partial charge in [-0.3, -0.25) is 4.79 Å². The van der Waals surface area contributed by atoms with Crippen LogP contribution in [0.5, 0.6) is 5.75 Å². The maximum atomic E-state index is 12.3. The molecule has 6 nitrogen and oxygen atoms in total.